The number of amides is 1. The molecule has 0 atom stereocenters. The van der Waals surface area contributed by atoms with Gasteiger partial charge in [-0.15, -0.1) is 0 Å². The summed E-state index contributed by atoms with van der Waals surface area (Å²) in [7, 11) is -4.08. The number of halogens is 2. The van der Waals surface area contributed by atoms with Gasteiger partial charge < -0.3 is 9.47 Å². The van der Waals surface area contributed by atoms with Crippen LogP contribution in [0.2, 0.25) is 10.0 Å². The van der Waals surface area contributed by atoms with Gasteiger partial charge in [0.15, 0.2) is 11.5 Å². The highest BCUT2D eigenvalue weighted by molar-refractivity contribution is 7.92. The Bertz CT molecular complexity index is 1660. The summed E-state index contributed by atoms with van der Waals surface area (Å²) in [6, 6.07) is 25.3. The van der Waals surface area contributed by atoms with Gasteiger partial charge in [0.05, 0.1) is 23.4 Å². The molecule has 218 valence electrons. The zero-order valence-corrected chi connectivity index (χ0v) is 25.3. The van der Waals surface area contributed by atoms with Gasteiger partial charge >= 0.3 is 0 Å². The van der Waals surface area contributed by atoms with Crippen molar-refractivity contribution in [2.75, 3.05) is 17.5 Å². The molecule has 1 N–H and O–H groups in total. The fourth-order valence-corrected chi connectivity index (χ4v) is 5.59. The van der Waals surface area contributed by atoms with E-state index < -0.39 is 22.5 Å². The van der Waals surface area contributed by atoms with Gasteiger partial charge in [0, 0.05) is 10.0 Å². The van der Waals surface area contributed by atoms with Crippen molar-refractivity contribution in [3.05, 3.63) is 118 Å². The van der Waals surface area contributed by atoms with Crippen LogP contribution in [0.1, 0.15) is 23.6 Å². The maximum Gasteiger partial charge on any atom is 0.264 e. The zero-order chi connectivity index (χ0) is 30.1. The number of anilines is 1. The van der Waals surface area contributed by atoms with Crippen molar-refractivity contribution in [3.63, 3.8) is 0 Å². The first kappa shape index (κ1) is 30.9. The van der Waals surface area contributed by atoms with Crippen LogP contribution < -0.4 is 19.2 Å². The van der Waals surface area contributed by atoms with E-state index in [-0.39, 0.29) is 10.6 Å². The van der Waals surface area contributed by atoms with Gasteiger partial charge in [-0.2, -0.15) is 5.10 Å². The molecule has 0 aliphatic heterocycles. The molecule has 0 aliphatic carbocycles. The third kappa shape index (κ3) is 8.25. The third-order valence-electron chi connectivity index (χ3n) is 5.97. The van der Waals surface area contributed by atoms with Crippen molar-refractivity contribution in [2.24, 2.45) is 5.10 Å². The topological polar surface area (TPSA) is 97.3 Å². The van der Waals surface area contributed by atoms with Crippen molar-refractivity contribution in [3.8, 4) is 11.5 Å². The SMILES string of the molecule is CCOc1cc(/C=N/NC(=O)CN(c2cccc(Cl)c2)S(=O)(=O)c2ccc(C)cc2)ccc1OCc1ccc(Cl)cc1. The van der Waals surface area contributed by atoms with E-state index in [0.29, 0.717) is 40.3 Å². The number of nitrogens with zero attached hydrogens (tertiary/aromatic N) is 2. The molecule has 8 nitrogen and oxygen atoms in total. The molecule has 0 aliphatic rings. The number of hydrogen-bond donors (Lipinski definition) is 1. The molecule has 0 bridgehead atoms. The van der Waals surface area contributed by atoms with Crippen LogP contribution in [0, 0.1) is 6.92 Å². The van der Waals surface area contributed by atoms with E-state index in [2.05, 4.69) is 10.5 Å². The highest BCUT2D eigenvalue weighted by Crippen LogP contribution is 2.29. The highest BCUT2D eigenvalue weighted by atomic mass is 35.5. The molecule has 4 aromatic carbocycles. The first-order chi connectivity index (χ1) is 20.2. The van der Waals surface area contributed by atoms with Crippen molar-refractivity contribution in [1.82, 2.24) is 5.43 Å². The molecule has 11 heteroatoms. The second kappa shape index (κ2) is 14.2. The number of carbonyl (C=O) groups is 1. The normalized spacial score (nSPS) is 11.3. The number of aryl methyl sites for hydroxylation is 1. The fourth-order valence-electron chi connectivity index (χ4n) is 3.86. The molecule has 0 saturated carbocycles. The Balaban J connectivity index is 1.47. The minimum Gasteiger partial charge on any atom is -0.490 e. The lowest BCUT2D eigenvalue weighted by atomic mass is 10.2. The second-order valence-corrected chi connectivity index (χ2v) is 11.9. The molecule has 0 radical (unpaired) electrons. The Morgan fingerprint density at radius 1 is 0.905 bits per heavy atom. The molecule has 0 heterocycles. The first-order valence-corrected chi connectivity index (χ1v) is 15.2. The van der Waals surface area contributed by atoms with Crippen LogP contribution in [0.4, 0.5) is 5.69 Å². The molecule has 4 rings (SSSR count). The van der Waals surface area contributed by atoms with Gasteiger partial charge in [-0.25, -0.2) is 13.8 Å². The minimum absolute atomic E-state index is 0.0474. The monoisotopic (exact) mass is 625 g/mol. The molecule has 0 spiro atoms. The number of hydrogen-bond acceptors (Lipinski definition) is 6. The second-order valence-electron chi connectivity index (χ2n) is 9.15. The summed E-state index contributed by atoms with van der Waals surface area (Å²) in [5.41, 5.74) is 5.14. The quantitative estimate of drug-likeness (QED) is 0.141. The van der Waals surface area contributed by atoms with Crippen LogP contribution in [0.5, 0.6) is 11.5 Å². The Labute approximate surface area is 255 Å². The maximum atomic E-state index is 13.5. The van der Waals surface area contributed by atoms with Crippen LogP contribution >= 0.6 is 23.2 Å². The first-order valence-electron chi connectivity index (χ1n) is 13.0. The van der Waals surface area contributed by atoms with Crippen LogP contribution in [-0.4, -0.2) is 33.7 Å². The fraction of sp³-hybridized carbons (Fsp3) is 0.161. The molecule has 0 fully saturated rings. The number of rotatable bonds is 12. The van der Waals surface area contributed by atoms with E-state index in [1.54, 1.807) is 60.7 Å². The molecule has 0 saturated heterocycles. The molecule has 0 unspecified atom stereocenters. The Morgan fingerprint density at radius 2 is 1.64 bits per heavy atom. The lowest BCUT2D eigenvalue weighted by molar-refractivity contribution is -0.119. The number of hydrazone groups is 1. The van der Waals surface area contributed by atoms with Gasteiger partial charge in [-0.1, -0.05) is 59.1 Å². The van der Waals surface area contributed by atoms with E-state index in [1.807, 2.05) is 26.0 Å². The summed E-state index contributed by atoms with van der Waals surface area (Å²) in [6.07, 6.45) is 1.43. The summed E-state index contributed by atoms with van der Waals surface area (Å²) >= 11 is 12.1. The van der Waals surface area contributed by atoms with Crippen molar-refractivity contribution in [1.29, 1.82) is 0 Å². The molecule has 1 amide bonds. The highest BCUT2D eigenvalue weighted by Gasteiger charge is 2.27. The molecule has 0 aromatic heterocycles. The largest absolute Gasteiger partial charge is 0.490 e. The lowest BCUT2D eigenvalue weighted by Gasteiger charge is -2.24. The molecular formula is C31H29Cl2N3O5S. The van der Waals surface area contributed by atoms with Crippen molar-refractivity contribution >= 4 is 51.0 Å². The molecule has 4 aromatic rings. The number of ether oxygens (including phenoxy) is 2. The van der Waals surface area contributed by atoms with Gasteiger partial charge in [-0.3, -0.25) is 9.10 Å². The number of sulfonamides is 1. The average molecular weight is 627 g/mol. The minimum atomic E-state index is -4.08. The summed E-state index contributed by atoms with van der Waals surface area (Å²) < 4.78 is 39.7. The number of carbonyl (C=O) groups excluding carboxylic acids is 1. The molecule has 42 heavy (non-hydrogen) atoms. The van der Waals surface area contributed by atoms with Crippen LogP contribution in [-0.2, 0) is 21.4 Å². The van der Waals surface area contributed by atoms with Crippen LogP contribution in [0.3, 0.4) is 0 Å². The van der Waals surface area contributed by atoms with Crippen molar-refractivity contribution in [2.45, 2.75) is 25.3 Å². The Morgan fingerprint density at radius 3 is 2.33 bits per heavy atom. The van der Waals surface area contributed by atoms with Crippen LogP contribution in [0.25, 0.3) is 0 Å². The predicted molar refractivity (Wildman–Crippen MR) is 166 cm³/mol. The van der Waals surface area contributed by atoms with Crippen LogP contribution in [0.15, 0.2) is 101 Å². The van der Waals surface area contributed by atoms with E-state index in [0.717, 1.165) is 15.4 Å². The Hall–Kier alpha value is -4.05. The van der Waals surface area contributed by atoms with Gasteiger partial charge in [0.1, 0.15) is 13.2 Å². The number of nitrogens with one attached hydrogen (secondary N) is 1. The standard InChI is InChI=1S/C31H29Cl2N3O5S/c1-3-40-30-17-24(11-16-29(30)41-21-23-9-12-25(32)13-10-23)19-34-35-31(37)20-36(27-6-4-5-26(33)18-27)42(38,39)28-14-7-22(2)8-15-28/h4-19H,3,20-21H2,1-2H3,(H,35,37)/b34-19+. The maximum absolute atomic E-state index is 13.5. The predicted octanol–water partition coefficient (Wildman–Crippen LogP) is 6.63. The summed E-state index contributed by atoms with van der Waals surface area (Å²) in [5.74, 6) is 0.416. The molecular weight excluding hydrogens is 597 g/mol. The van der Waals surface area contributed by atoms with Gasteiger partial charge in [0.25, 0.3) is 15.9 Å². The summed E-state index contributed by atoms with van der Waals surface area (Å²) in [5, 5.41) is 5.01. The van der Waals surface area contributed by atoms with E-state index >= 15 is 0 Å². The summed E-state index contributed by atoms with van der Waals surface area (Å²) in [6.45, 7) is 3.95. The zero-order valence-electron chi connectivity index (χ0n) is 23.0. The third-order valence-corrected chi connectivity index (χ3v) is 8.25. The smallest absolute Gasteiger partial charge is 0.264 e. The number of benzene rings is 4. The van der Waals surface area contributed by atoms with E-state index in [9.17, 15) is 13.2 Å². The average Bonchev–Trinajstić information content (AvgIpc) is 2.96. The lowest BCUT2D eigenvalue weighted by Crippen LogP contribution is -2.39. The van der Waals surface area contributed by atoms with E-state index in [1.165, 1.54) is 24.4 Å². The van der Waals surface area contributed by atoms with Gasteiger partial charge in [-0.05, 0) is 85.6 Å². The van der Waals surface area contributed by atoms with Gasteiger partial charge in [0.2, 0.25) is 0 Å². The van der Waals surface area contributed by atoms with E-state index in [4.69, 9.17) is 32.7 Å². The summed E-state index contributed by atoms with van der Waals surface area (Å²) in [4.78, 5) is 12.9. The van der Waals surface area contributed by atoms with Crippen molar-refractivity contribution < 1.29 is 22.7 Å². The Kier molecular flexibility index (Phi) is 10.5.